The summed E-state index contributed by atoms with van der Waals surface area (Å²) in [5.74, 6) is 0.810. The molecular weight excluding hydrogens is 292 g/mol. The molecule has 1 aliphatic heterocycles. The minimum absolute atomic E-state index is 0.0879. The largest absolute Gasteiger partial charge is 0.332 e. The highest BCUT2D eigenvalue weighted by molar-refractivity contribution is 7.99. The van der Waals surface area contributed by atoms with Crippen molar-refractivity contribution < 1.29 is 4.79 Å². The van der Waals surface area contributed by atoms with Crippen LogP contribution < -0.4 is 10.9 Å². The second-order valence-corrected chi connectivity index (χ2v) is 6.04. The third-order valence-corrected chi connectivity index (χ3v) is 3.97. The van der Waals surface area contributed by atoms with Crippen molar-refractivity contribution in [1.82, 2.24) is 30.3 Å². The van der Waals surface area contributed by atoms with E-state index in [1.807, 2.05) is 14.0 Å². The van der Waals surface area contributed by atoms with Gasteiger partial charge in [0.05, 0.1) is 6.54 Å². The van der Waals surface area contributed by atoms with Gasteiger partial charge in [-0.15, -0.1) is 10.2 Å². The van der Waals surface area contributed by atoms with Crippen LogP contribution in [-0.4, -0.2) is 70.0 Å². The number of piperazine rings is 1. The van der Waals surface area contributed by atoms with Crippen LogP contribution in [0.15, 0.2) is 9.95 Å². The van der Waals surface area contributed by atoms with Crippen LogP contribution in [0, 0.1) is 0 Å². The first-order valence-electron chi connectivity index (χ1n) is 6.90. The fraction of sp³-hybridized carbons (Fsp3) is 0.667. The topological polar surface area (TPSA) is 94.2 Å². The van der Waals surface area contributed by atoms with E-state index in [0.29, 0.717) is 18.2 Å². The van der Waals surface area contributed by atoms with Crippen LogP contribution in [0.25, 0.3) is 0 Å². The monoisotopic (exact) mass is 312 g/mol. The molecule has 2 N–H and O–H groups in total. The number of carbonyl (C=O) groups excluding carboxylic acids is 1. The maximum Gasteiger partial charge on any atom is 0.317 e. The fourth-order valence-corrected chi connectivity index (χ4v) is 2.48. The highest BCUT2D eigenvalue weighted by atomic mass is 32.2. The van der Waals surface area contributed by atoms with Gasteiger partial charge in [-0.3, -0.25) is 9.78 Å². The van der Waals surface area contributed by atoms with Crippen LogP contribution >= 0.6 is 11.8 Å². The van der Waals surface area contributed by atoms with Crippen molar-refractivity contribution in [2.45, 2.75) is 18.6 Å². The average Bonchev–Trinajstić information content (AvgIpc) is 2.47. The molecule has 1 aliphatic rings. The number of hydrogen-bond acceptors (Lipinski definition) is 6. The number of aromatic amines is 1. The molecule has 0 spiro atoms. The summed E-state index contributed by atoms with van der Waals surface area (Å²) >= 11 is 1.42. The van der Waals surface area contributed by atoms with Gasteiger partial charge in [0.2, 0.25) is 0 Å². The van der Waals surface area contributed by atoms with Gasteiger partial charge in [0, 0.05) is 26.2 Å². The molecule has 2 heterocycles. The number of carbonyl (C=O) groups is 1. The Labute approximate surface area is 127 Å². The molecule has 9 heteroatoms. The predicted octanol–water partition coefficient (Wildman–Crippen LogP) is -0.266. The average molecular weight is 312 g/mol. The molecule has 0 saturated carbocycles. The van der Waals surface area contributed by atoms with Gasteiger partial charge in [0.15, 0.2) is 5.16 Å². The molecule has 2 amide bonds. The van der Waals surface area contributed by atoms with E-state index in [0.717, 1.165) is 18.8 Å². The van der Waals surface area contributed by atoms with Gasteiger partial charge in [0.1, 0.15) is 5.69 Å². The van der Waals surface area contributed by atoms with Crippen LogP contribution in [-0.2, 0) is 6.54 Å². The Morgan fingerprint density at radius 3 is 2.67 bits per heavy atom. The lowest BCUT2D eigenvalue weighted by atomic mass is 10.3. The molecule has 2 rings (SSSR count). The van der Waals surface area contributed by atoms with E-state index in [1.54, 1.807) is 4.90 Å². The SMILES string of the molecule is CCSc1nnc(CNC(=O)N2CCN(C)CC2)c(=O)[nH]1. The predicted molar refractivity (Wildman–Crippen MR) is 80.4 cm³/mol. The lowest BCUT2D eigenvalue weighted by Crippen LogP contribution is -2.50. The van der Waals surface area contributed by atoms with E-state index in [4.69, 9.17) is 0 Å². The number of thioether (sulfide) groups is 1. The molecule has 0 bridgehead atoms. The number of nitrogens with zero attached hydrogens (tertiary/aromatic N) is 4. The summed E-state index contributed by atoms with van der Waals surface area (Å²) in [6.45, 7) is 5.15. The molecule has 1 aromatic rings. The Balaban J connectivity index is 1.88. The van der Waals surface area contributed by atoms with E-state index in [-0.39, 0.29) is 23.8 Å². The van der Waals surface area contributed by atoms with Crippen molar-refractivity contribution in [1.29, 1.82) is 0 Å². The number of likely N-dealkylation sites (N-methyl/N-ethyl adjacent to an activating group) is 1. The molecule has 0 unspecified atom stereocenters. The van der Waals surface area contributed by atoms with Gasteiger partial charge < -0.3 is 15.1 Å². The smallest absolute Gasteiger partial charge is 0.317 e. The van der Waals surface area contributed by atoms with Gasteiger partial charge in [-0.05, 0) is 12.8 Å². The lowest BCUT2D eigenvalue weighted by molar-refractivity contribution is 0.154. The first-order chi connectivity index (χ1) is 10.1. The van der Waals surface area contributed by atoms with E-state index in [9.17, 15) is 9.59 Å². The highest BCUT2D eigenvalue weighted by Crippen LogP contribution is 2.07. The molecule has 116 valence electrons. The number of aromatic nitrogens is 3. The van der Waals surface area contributed by atoms with Gasteiger partial charge in [0.25, 0.3) is 5.56 Å². The molecule has 1 saturated heterocycles. The van der Waals surface area contributed by atoms with Crippen molar-refractivity contribution in [3.8, 4) is 0 Å². The molecule has 0 aliphatic carbocycles. The number of H-pyrrole nitrogens is 1. The zero-order chi connectivity index (χ0) is 15.2. The number of urea groups is 1. The highest BCUT2D eigenvalue weighted by Gasteiger charge is 2.19. The minimum atomic E-state index is -0.306. The quantitative estimate of drug-likeness (QED) is 0.744. The Kier molecular flexibility index (Phi) is 5.57. The third kappa shape index (κ3) is 4.43. The maximum atomic E-state index is 12.0. The van der Waals surface area contributed by atoms with Crippen molar-refractivity contribution in [2.75, 3.05) is 39.0 Å². The fourth-order valence-electron chi connectivity index (χ4n) is 1.94. The second-order valence-electron chi connectivity index (χ2n) is 4.79. The Morgan fingerprint density at radius 1 is 1.33 bits per heavy atom. The second kappa shape index (κ2) is 7.41. The summed E-state index contributed by atoms with van der Waals surface area (Å²) in [7, 11) is 2.03. The van der Waals surface area contributed by atoms with Gasteiger partial charge in [-0.1, -0.05) is 18.7 Å². The summed E-state index contributed by atoms with van der Waals surface area (Å²) in [5.41, 5.74) is -0.0856. The first kappa shape index (κ1) is 15.8. The molecule has 1 aromatic heterocycles. The maximum absolute atomic E-state index is 12.0. The van der Waals surface area contributed by atoms with Gasteiger partial charge in [-0.25, -0.2) is 4.79 Å². The van der Waals surface area contributed by atoms with Crippen molar-refractivity contribution in [2.24, 2.45) is 0 Å². The van der Waals surface area contributed by atoms with Crippen LogP contribution in [0.5, 0.6) is 0 Å². The van der Waals surface area contributed by atoms with Crippen LogP contribution in [0.3, 0.4) is 0 Å². The summed E-state index contributed by atoms with van der Waals surface area (Å²) in [6, 6.07) is -0.170. The number of nitrogens with one attached hydrogen (secondary N) is 2. The number of amides is 2. The third-order valence-electron chi connectivity index (χ3n) is 3.22. The van der Waals surface area contributed by atoms with Crippen molar-refractivity contribution in [3.05, 3.63) is 16.0 Å². The molecule has 0 atom stereocenters. The van der Waals surface area contributed by atoms with Crippen LogP contribution in [0.1, 0.15) is 12.6 Å². The molecule has 8 nitrogen and oxygen atoms in total. The molecule has 0 radical (unpaired) electrons. The molecular formula is C12H20N6O2S. The van der Waals surface area contributed by atoms with E-state index < -0.39 is 0 Å². The zero-order valence-corrected chi connectivity index (χ0v) is 13.1. The van der Waals surface area contributed by atoms with Crippen LogP contribution in [0.2, 0.25) is 0 Å². The zero-order valence-electron chi connectivity index (χ0n) is 12.3. The standard InChI is InChI=1S/C12H20N6O2S/c1-3-21-11-14-10(19)9(15-16-11)8-13-12(20)18-6-4-17(2)5-7-18/h3-8H2,1-2H3,(H,13,20)(H,14,16,19). The van der Waals surface area contributed by atoms with Crippen molar-refractivity contribution in [3.63, 3.8) is 0 Å². The minimum Gasteiger partial charge on any atom is -0.332 e. The summed E-state index contributed by atoms with van der Waals surface area (Å²) < 4.78 is 0. The lowest BCUT2D eigenvalue weighted by Gasteiger charge is -2.32. The summed E-state index contributed by atoms with van der Waals surface area (Å²) in [6.07, 6.45) is 0. The number of rotatable bonds is 4. The normalized spacial score (nSPS) is 16.0. The summed E-state index contributed by atoms with van der Waals surface area (Å²) in [4.78, 5) is 30.4. The van der Waals surface area contributed by atoms with Gasteiger partial charge >= 0.3 is 6.03 Å². The molecule has 0 aromatic carbocycles. The first-order valence-corrected chi connectivity index (χ1v) is 7.88. The number of hydrogen-bond donors (Lipinski definition) is 2. The Hall–Kier alpha value is -1.61. The summed E-state index contributed by atoms with van der Waals surface area (Å²) in [5, 5.41) is 11.0. The van der Waals surface area contributed by atoms with Gasteiger partial charge in [-0.2, -0.15) is 0 Å². The van der Waals surface area contributed by atoms with E-state index >= 15 is 0 Å². The van der Waals surface area contributed by atoms with Crippen molar-refractivity contribution >= 4 is 17.8 Å². The Bertz CT molecular complexity index is 541. The molecule has 21 heavy (non-hydrogen) atoms. The van der Waals surface area contributed by atoms with E-state index in [1.165, 1.54) is 11.8 Å². The van der Waals surface area contributed by atoms with E-state index in [2.05, 4.69) is 25.4 Å². The van der Waals surface area contributed by atoms with Crippen LogP contribution in [0.4, 0.5) is 4.79 Å². The molecule has 1 fully saturated rings. The Morgan fingerprint density at radius 2 is 2.05 bits per heavy atom.